The number of rotatable bonds is 6. The summed E-state index contributed by atoms with van der Waals surface area (Å²) in [5.41, 5.74) is 3.63. The van der Waals surface area contributed by atoms with Crippen LogP contribution in [-0.2, 0) is 25.5 Å². The summed E-state index contributed by atoms with van der Waals surface area (Å²) in [6.07, 6.45) is 6.41. The van der Waals surface area contributed by atoms with Gasteiger partial charge >= 0.3 is 12.1 Å². The SMILES string of the molecule is COC(=O)Cc1ccc2c(c1)NC(=O)OCCC[C@H](NC(=O)/C=C/c1cc(Cl)ccc1-n1cnnn1)c1ncc-2[nH]1. The Labute approximate surface area is 238 Å². The van der Waals surface area contributed by atoms with Crippen molar-refractivity contribution in [1.82, 2.24) is 35.5 Å². The molecule has 2 aromatic heterocycles. The quantitative estimate of drug-likeness (QED) is 0.229. The van der Waals surface area contributed by atoms with Gasteiger partial charge in [0.25, 0.3) is 0 Å². The number of fused-ring (bicyclic) bond motifs is 4. The maximum atomic E-state index is 13.0. The molecule has 14 heteroatoms. The lowest BCUT2D eigenvalue weighted by Crippen LogP contribution is -2.28. The van der Waals surface area contributed by atoms with Crippen molar-refractivity contribution >= 4 is 41.3 Å². The lowest BCUT2D eigenvalue weighted by molar-refractivity contribution is -0.139. The molecule has 1 aliphatic rings. The van der Waals surface area contributed by atoms with Crippen molar-refractivity contribution in [1.29, 1.82) is 0 Å². The third-order valence-electron chi connectivity index (χ3n) is 6.30. The van der Waals surface area contributed by atoms with Gasteiger partial charge in [-0.3, -0.25) is 14.9 Å². The first-order chi connectivity index (χ1) is 19.9. The van der Waals surface area contributed by atoms with Crippen LogP contribution in [0.2, 0.25) is 5.02 Å². The Morgan fingerprint density at radius 1 is 1.27 bits per heavy atom. The zero-order chi connectivity index (χ0) is 28.8. The summed E-state index contributed by atoms with van der Waals surface area (Å²) in [5.74, 6) is -0.233. The lowest BCUT2D eigenvalue weighted by atomic mass is 10.0. The highest BCUT2D eigenvalue weighted by Gasteiger charge is 2.21. The van der Waals surface area contributed by atoms with Crippen molar-refractivity contribution in [2.75, 3.05) is 19.0 Å². The van der Waals surface area contributed by atoms with Crippen molar-refractivity contribution in [3.05, 3.63) is 77.0 Å². The van der Waals surface area contributed by atoms with Crippen LogP contribution < -0.4 is 10.6 Å². The minimum absolute atomic E-state index is 0.0444. The molecule has 1 aliphatic heterocycles. The third-order valence-corrected chi connectivity index (χ3v) is 6.53. The summed E-state index contributed by atoms with van der Waals surface area (Å²) in [6, 6.07) is 9.87. The van der Waals surface area contributed by atoms with E-state index in [0.29, 0.717) is 57.4 Å². The molecule has 210 valence electrons. The molecule has 0 saturated carbocycles. The predicted octanol–water partition coefficient (Wildman–Crippen LogP) is 3.63. The highest BCUT2D eigenvalue weighted by Crippen LogP contribution is 2.30. The van der Waals surface area contributed by atoms with Crippen molar-refractivity contribution in [3.63, 3.8) is 0 Å². The molecule has 4 aromatic rings. The largest absolute Gasteiger partial charge is 0.469 e. The van der Waals surface area contributed by atoms with Crippen LogP contribution >= 0.6 is 11.6 Å². The number of imidazole rings is 1. The van der Waals surface area contributed by atoms with Gasteiger partial charge in [0.15, 0.2) is 0 Å². The summed E-state index contributed by atoms with van der Waals surface area (Å²) in [7, 11) is 1.31. The van der Waals surface area contributed by atoms with Crippen LogP contribution in [0.5, 0.6) is 0 Å². The number of H-pyrrole nitrogens is 1. The molecule has 13 nitrogen and oxygen atoms in total. The van der Waals surface area contributed by atoms with Crippen molar-refractivity contribution in [2.24, 2.45) is 0 Å². The topological polar surface area (TPSA) is 166 Å². The maximum absolute atomic E-state index is 13.0. The first-order valence-corrected chi connectivity index (χ1v) is 13.0. The number of hydrogen-bond acceptors (Lipinski definition) is 9. The van der Waals surface area contributed by atoms with Gasteiger partial charge in [-0.25, -0.2) is 9.78 Å². The summed E-state index contributed by atoms with van der Waals surface area (Å²) >= 11 is 6.18. The van der Waals surface area contributed by atoms with Crippen LogP contribution in [0.3, 0.4) is 0 Å². The highest BCUT2D eigenvalue weighted by atomic mass is 35.5. The van der Waals surface area contributed by atoms with Gasteiger partial charge in [0.2, 0.25) is 5.91 Å². The summed E-state index contributed by atoms with van der Waals surface area (Å²) < 4.78 is 11.6. The number of amides is 2. The second-order valence-corrected chi connectivity index (χ2v) is 9.51. The second kappa shape index (κ2) is 12.4. The third kappa shape index (κ3) is 6.76. The van der Waals surface area contributed by atoms with E-state index in [0.717, 1.165) is 0 Å². The van der Waals surface area contributed by atoms with Crippen LogP contribution in [0.1, 0.15) is 35.8 Å². The Hall–Kier alpha value is -5.04. The van der Waals surface area contributed by atoms with Crippen molar-refractivity contribution in [3.8, 4) is 16.9 Å². The number of cyclic esters (lactones) is 1. The molecule has 41 heavy (non-hydrogen) atoms. The van der Waals surface area contributed by atoms with E-state index in [2.05, 4.69) is 36.1 Å². The number of nitrogens with zero attached hydrogens (tertiary/aromatic N) is 5. The van der Waals surface area contributed by atoms with Crippen LogP contribution in [-0.4, -0.2) is 61.9 Å². The Morgan fingerprint density at radius 2 is 2.15 bits per heavy atom. The molecular weight excluding hydrogens is 552 g/mol. The van der Waals surface area contributed by atoms with Gasteiger partial charge < -0.3 is 19.8 Å². The molecule has 0 radical (unpaired) electrons. The minimum atomic E-state index is -0.634. The number of aromatic nitrogens is 6. The number of methoxy groups -OCH3 is 1. The fraction of sp³-hybridized carbons (Fsp3) is 0.222. The Kier molecular flexibility index (Phi) is 8.34. The van der Waals surface area contributed by atoms with Crippen molar-refractivity contribution < 1.29 is 23.9 Å². The summed E-state index contributed by atoms with van der Waals surface area (Å²) in [6.45, 7) is 0.122. The summed E-state index contributed by atoms with van der Waals surface area (Å²) in [5, 5.41) is 17.4. The Morgan fingerprint density at radius 3 is 2.95 bits per heavy atom. The molecule has 1 atom stereocenters. The van der Waals surface area contributed by atoms with Crippen LogP contribution in [0.4, 0.5) is 10.5 Å². The number of anilines is 1. The van der Waals surface area contributed by atoms with Gasteiger partial charge in [-0.05, 0) is 59.2 Å². The van der Waals surface area contributed by atoms with E-state index in [1.165, 1.54) is 24.2 Å². The number of hydrogen-bond donors (Lipinski definition) is 3. The first-order valence-electron chi connectivity index (χ1n) is 12.6. The van der Waals surface area contributed by atoms with E-state index >= 15 is 0 Å². The zero-order valence-electron chi connectivity index (χ0n) is 21.8. The number of esters is 1. The average Bonchev–Trinajstić information content (AvgIpc) is 3.66. The lowest BCUT2D eigenvalue weighted by Gasteiger charge is -2.17. The van der Waals surface area contributed by atoms with Gasteiger partial charge in [0.05, 0.1) is 49.4 Å². The Balaban J connectivity index is 1.38. The predicted molar refractivity (Wildman–Crippen MR) is 148 cm³/mol. The molecule has 2 aromatic carbocycles. The van der Waals surface area contributed by atoms with Crippen LogP contribution in [0, 0.1) is 0 Å². The number of tetrazole rings is 1. The van der Waals surface area contributed by atoms with Gasteiger partial charge in [0, 0.05) is 22.2 Å². The van der Waals surface area contributed by atoms with E-state index < -0.39 is 18.1 Å². The van der Waals surface area contributed by atoms with Crippen molar-refractivity contribution in [2.45, 2.75) is 25.3 Å². The fourth-order valence-corrected chi connectivity index (χ4v) is 4.51. The monoisotopic (exact) mass is 576 g/mol. The summed E-state index contributed by atoms with van der Waals surface area (Å²) in [4.78, 5) is 45.0. The molecule has 0 aliphatic carbocycles. The minimum Gasteiger partial charge on any atom is -0.469 e. The molecule has 5 rings (SSSR count). The number of benzene rings is 2. The molecule has 2 bridgehead atoms. The first kappa shape index (κ1) is 27.5. The van der Waals surface area contributed by atoms with Gasteiger partial charge in [-0.1, -0.05) is 23.7 Å². The fourth-order valence-electron chi connectivity index (χ4n) is 4.33. The van der Waals surface area contributed by atoms with Gasteiger partial charge in [0.1, 0.15) is 12.2 Å². The van der Waals surface area contributed by atoms with E-state index in [9.17, 15) is 14.4 Å². The van der Waals surface area contributed by atoms with Gasteiger partial charge in [-0.15, -0.1) is 5.10 Å². The molecular formula is C27H25ClN8O5. The van der Waals surface area contributed by atoms with E-state index in [-0.39, 0.29) is 18.9 Å². The number of carbonyl (C=O) groups excluding carboxylic acids is 3. The van der Waals surface area contributed by atoms with Crippen LogP contribution in [0.25, 0.3) is 23.0 Å². The standard InChI is InChI=1S/C27H25ClN8O5/c1-40-25(38)12-16-4-7-19-21(11-16)33-27(39)41-10-2-3-20(26-29-14-22(19)32-26)31-24(37)9-5-17-13-18(28)6-8-23(17)36-15-30-34-35-36/h4-9,11,13-15,20H,2-3,10,12H2,1H3,(H,29,32)(H,31,37)(H,33,39)/b9-5+/t20-/m0/s1. The number of ether oxygens (including phenoxy) is 2. The van der Waals surface area contributed by atoms with Crippen LogP contribution in [0.15, 0.2) is 55.0 Å². The molecule has 0 saturated heterocycles. The molecule has 0 fully saturated rings. The molecule has 2 amide bonds. The maximum Gasteiger partial charge on any atom is 0.411 e. The number of aromatic amines is 1. The van der Waals surface area contributed by atoms with Gasteiger partial charge in [-0.2, -0.15) is 4.68 Å². The van der Waals surface area contributed by atoms with E-state index in [1.807, 2.05) is 0 Å². The number of carbonyl (C=O) groups is 3. The number of halogens is 1. The highest BCUT2D eigenvalue weighted by molar-refractivity contribution is 6.30. The molecule has 0 spiro atoms. The normalized spacial score (nSPS) is 15.2. The van der Waals surface area contributed by atoms with E-state index in [1.54, 1.807) is 48.7 Å². The Bertz CT molecular complexity index is 1600. The molecule has 0 unspecified atom stereocenters. The number of nitrogens with one attached hydrogen (secondary N) is 3. The molecule has 3 N–H and O–H groups in total. The second-order valence-electron chi connectivity index (χ2n) is 9.07. The molecule has 3 heterocycles. The average molecular weight is 577 g/mol. The van der Waals surface area contributed by atoms with E-state index in [4.69, 9.17) is 21.1 Å². The zero-order valence-corrected chi connectivity index (χ0v) is 22.6. The smallest absolute Gasteiger partial charge is 0.411 e.